The Morgan fingerprint density at radius 1 is 1.06 bits per heavy atom. The summed E-state index contributed by atoms with van der Waals surface area (Å²) < 4.78 is 12.0. The van der Waals surface area contributed by atoms with E-state index in [1.54, 1.807) is 0 Å². The van der Waals surface area contributed by atoms with Crippen molar-refractivity contribution in [2.75, 3.05) is 27.7 Å². The van der Waals surface area contributed by atoms with Crippen LogP contribution < -0.4 is 4.74 Å². The SMILES string of the molecule is COC(=O)Cc1ccc(OCc2ccccc2I)c(C=CCCN(C)C)c1.O=C(O)C(=O)O. The van der Waals surface area contributed by atoms with Crippen LogP contribution in [0.2, 0.25) is 0 Å². The molecule has 2 aromatic carbocycles. The maximum Gasteiger partial charge on any atom is 0.414 e. The summed E-state index contributed by atoms with van der Waals surface area (Å²) in [4.78, 5) is 31.9. The smallest absolute Gasteiger partial charge is 0.414 e. The van der Waals surface area contributed by atoms with Crippen molar-refractivity contribution >= 4 is 46.6 Å². The molecule has 0 amide bonds. The first kappa shape index (κ1) is 28.1. The Hall–Kier alpha value is -2.92. The highest BCUT2D eigenvalue weighted by Crippen LogP contribution is 2.24. The quantitative estimate of drug-likeness (QED) is 0.267. The minimum Gasteiger partial charge on any atom is -0.488 e. The van der Waals surface area contributed by atoms with E-state index in [0.29, 0.717) is 6.61 Å². The van der Waals surface area contributed by atoms with Gasteiger partial charge >= 0.3 is 17.9 Å². The fourth-order valence-corrected chi connectivity index (χ4v) is 3.07. The number of ether oxygens (including phenoxy) is 2. The van der Waals surface area contributed by atoms with Gasteiger partial charge in [0.2, 0.25) is 0 Å². The third-order valence-corrected chi connectivity index (χ3v) is 5.27. The largest absolute Gasteiger partial charge is 0.488 e. The molecule has 2 aromatic rings. The molecule has 0 aliphatic carbocycles. The van der Waals surface area contributed by atoms with Crippen LogP contribution in [0.3, 0.4) is 0 Å². The Balaban J connectivity index is 0.000000801. The van der Waals surface area contributed by atoms with Gasteiger partial charge in [0.1, 0.15) is 12.4 Å². The lowest BCUT2D eigenvalue weighted by molar-refractivity contribution is -0.159. The lowest BCUT2D eigenvalue weighted by Gasteiger charge is -2.12. The highest BCUT2D eigenvalue weighted by molar-refractivity contribution is 14.1. The predicted octanol–water partition coefficient (Wildman–Crippen LogP) is 3.71. The first-order valence-electron chi connectivity index (χ1n) is 9.97. The van der Waals surface area contributed by atoms with Crippen molar-refractivity contribution in [2.24, 2.45) is 0 Å². The summed E-state index contributed by atoms with van der Waals surface area (Å²) in [5.41, 5.74) is 3.04. The molecule has 0 aliphatic rings. The lowest BCUT2D eigenvalue weighted by atomic mass is 10.1. The van der Waals surface area contributed by atoms with Crippen LogP contribution in [0, 0.1) is 3.57 Å². The van der Waals surface area contributed by atoms with Crippen LogP contribution in [0.25, 0.3) is 6.08 Å². The number of rotatable bonds is 9. The van der Waals surface area contributed by atoms with Gasteiger partial charge in [-0.25, -0.2) is 9.59 Å². The lowest BCUT2D eigenvalue weighted by Crippen LogP contribution is -2.11. The highest BCUT2D eigenvalue weighted by atomic mass is 127. The summed E-state index contributed by atoms with van der Waals surface area (Å²) in [5.74, 6) is -3.08. The fraction of sp³-hybridized carbons (Fsp3) is 0.292. The fourth-order valence-electron chi connectivity index (χ4n) is 2.52. The first-order valence-corrected chi connectivity index (χ1v) is 11.0. The molecule has 0 heterocycles. The van der Waals surface area contributed by atoms with E-state index < -0.39 is 11.9 Å². The Kier molecular flexibility index (Phi) is 12.8. The number of carboxylic acids is 2. The molecule has 0 bridgehead atoms. The molecule has 0 saturated carbocycles. The number of nitrogens with zero attached hydrogens (tertiary/aromatic N) is 1. The number of carboxylic acid groups (broad SMARTS) is 2. The van der Waals surface area contributed by atoms with Crippen molar-refractivity contribution in [3.8, 4) is 5.75 Å². The Bertz CT molecular complexity index is 961. The number of aliphatic carboxylic acids is 2. The van der Waals surface area contributed by atoms with E-state index in [1.165, 1.54) is 10.7 Å². The van der Waals surface area contributed by atoms with Crippen LogP contribution >= 0.6 is 22.6 Å². The second kappa shape index (κ2) is 15.0. The Morgan fingerprint density at radius 3 is 2.30 bits per heavy atom. The van der Waals surface area contributed by atoms with Gasteiger partial charge in [-0.15, -0.1) is 0 Å². The molecule has 178 valence electrons. The van der Waals surface area contributed by atoms with Gasteiger partial charge in [0.05, 0.1) is 13.5 Å². The molecule has 0 unspecified atom stereocenters. The average Bonchev–Trinajstić information content (AvgIpc) is 2.77. The van der Waals surface area contributed by atoms with Crippen molar-refractivity contribution in [3.05, 3.63) is 68.8 Å². The number of carbonyl (C=O) groups excluding carboxylic acids is 1. The zero-order valence-corrected chi connectivity index (χ0v) is 20.9. The highest BCUT2D eigenvalue weighted by Gasteiger charge is 2.08. The number of carbonyl (C=O) groups is 3. The zero-order chi connectivity index (χ0) is 24.8. The first-order chi connectivity index (χ1) is 15.6. The van der Waals surface area contributed by atoms with Crippen LogP contribution in [0.4, 0.5) is 0 Å². The molecule has 0 radical (unpaired) electrons. The van der Waals surface area contributed by atoms with Gasteiger partial charge in [0.25, 0.3) is 0 Å². The third-order valence-electron chi connectivity index (χ3n) is 4.21. The predicted molar refractivity (Wildman–Crippen MR) is 133 cm³/mol. The van der Waals surface area contributed by atoms with E-state index in [1.807, 2.05) is 30.3 Å². The number of esters is 1. The molecule has 9 heteroatoms. The molecule has 2 rings (SSSR count). The van der Waals surface area contributed by atoms with E-state index >= 15 is 0 Å². The Labute approximate surface area is 207 Å². The molecule has 8 nitrogen and oxygen atoms in total. The molecular weight excluding hydrogens is 541 g/mol. The van der Waals surface area contributed by atoms with Crippen molar-refractivity contribution in [3.63, 3.8) is 0 Å². The second-order valence-corrected chi connectivity index (χ2v) is 8.27. The summed E-state index contributed by atoms with van der Waals surface area (Å²) in [6, 6.07) is 14.0. The van der Waals surface area contributed by atoms with Crippen molar-refractivity contribution in [2.45, 2.75) is 19.4 Å². The summed E-state index contributed by atoms with van der Waals surface area (Å²) in [7, 11) is 5.52. The standard InChI is InChI=1S/C22H26INO3.C2H2O4/c1-24(2)13-7-6-8-18-14-17(15-22(25)26-3)11-12-21(18)27-16-19-9-4-5-10-20(19)23;3-1(4)2(5)6/h4-6,8-12,14H,7,13,15-16H2,1-3H3;(H,3,4)(H,5,6). The molecular formula is C24H28INO7. The summed E-state index contributed by atoms with van der Waals surface area (Å²) in [6.45, 7) is 1.49. The van der Waals surface area contributed by atoms with Gasteiger partial charge in [-0.1, -0.05) is 36.4 Å². The van der Waals surface area contributed by atoms with Crippen LogP contribution in [-0.4, -0.2) is 60.8 Å². The number of benzene rings is 2. The van der Waals surface area contributed by atoms with Gasteiger partial charge in [-0.05, 0) is 66.9 Å². The number of methoxy groups -OCH3 is 1. The van der Waals surface area contributed by atoms with Gasteiger partial charge < -0.3 is 24.6 Å². The van der Waals surface area contributed by atoms with E-state index in [0.717, 1.165) is 35.4 Å². The maximum atomic E-state index is 11.6. The number of halogens is 1. The summed E-state index contributed by atoms with van der Waals surface area (Å²) >= 11 is 2.32. The van der Waals surface area contributed by atoms with Crippen LogP contribution in [0.5, 0.6) is 5.75 Å². The Morgan fingerprint density at radius 2 is 1.73 bits per heavy atom. The van der Waals surface area contributed by atoms with Gasteiger partial charge in [0, 0.05) is 21.2 Å². The average molecular weight is 569 g/mol. The van der Waals surface area contributed by atoms with Crippen LogP contribution in [0.15, 0.2) is 48.5 Å². The van der Waals surface area contributed by atoms with Crippen LogP contribution in [0.1, 0.15) is 23.1 Å². The van der Waals surface area contributed by atoms with E-state index in [4.69, 9.17) is 29.3 Å². The minimum absolute atomic E-state index is 0.245. The van der Waals surface area contributed by atoms with Crippen molar-refractivity contribution < 1.29 is 34.1 Å². The van der Waals surface area contributed by atoms with Crippen LogP contribution in [-0.2, 0) is 32.1 Å². The van der Waals surface area contributed by atoms with Crippen molar-refractivity contribution in [1.82, 2.24) is 4.90 Å². The third kappa shape index (κ3) is 11.5. The van der Waals surface area contributed by atoms with Gasteiger partial charge in [-0.2, -0.15) is 0 Å². The molecule has 0 aliphatic heterocycles. The van der Waals surface area contributed by atoms with Gasteiger partial charge in [-0.3, -0.25) is 4.79 Å². The normalized spacial score (nSPS) is 10.5. The maximum absolute atomic E-state index is 11.6. The topological polar surface area (TPSA) is 113 Å². The molecule has 2 N–H and O–H groups in total. The second-order valence-electron chi connectivity index (χ2n) is 7.11. The van der Waals surface area contributed by atoms with Crippen molar-refractivity contribution in [1.29, 1.82) is 0 Å². The monoisotopic (exact) mass is 569 g/mol. The van der Waals surface area contributed by atoms with E-state index in [2.05, 4.69) is 65.9 Å². The molecule has 0 aromatic heterocycles. The molecule has 0 saturated heterocycles. The molecule has 0 atom stereocenters. The zero-order valence-electron chi connectivity index (χ0n) is 18.8. The van der Waals surface area contributed by atoms with E-state index in [-0.39, 0.29) is 12.4 Å². The molecule has 0 fully saturated rings. The molecule has 0 spiro atoms. The van der Waals surface area contributed by atoms with E-state index in [9.17, 15) is 4.79 Å². The number of hydrogen-bond acceptors (Lipinski definition) is 6. The summed E-state index contributed by atoms with van der Waals surface area (Å²) in [5, 5.41) is 14.8. The summed E-state index contributed by atoms with van der Waals surface area (Å²) in [6.07, 6.45) is 5.40. The van der Waals surface area contributed by atoms with Gasteiger partial charge in [0.15, 0.2) is 0 Å². The minimum atomic E-state index is -1.82. The molecule has 33 heavy (non-hydrogen) atoms. The number of hydrogen-bond donors (Lipinski definition) is 2.